The zero-order chi connectivity index (χ0) is 13.1. The summed E-state index contributed by atoms with van der Waals surface area (Å²) in [6.45, 7) is 7.73. The van der Waals surface area contributed by atoms with Gasteiger partial charge < -0.3 is 10.6 Å². The quantitative estimate of drug-likeness (QED) is 0.917. The molecule has 3 nitrogen and oxygen atoms in total. The molecule has 96 valence electrons. The molecular weight excluding hydrogens is 242 g/mol. The largest absolute Gasteiger partial charge is 0.326 e. The molecule has 0 atom stereocenters. The molecule has 0 aliphatic rings. The smallest absolute Gasteiger partial charge is 0.190 e. The van der Waals surface area contributed by atoms with Crippen molar-refractivity contribution in [1.29, 1.82) is 0 Å². The second-order valence-corrected chi connectivity index (χ2v) is 5.35. The van der Waals surface area contributed by atoms with E-state index in [1.165, 1.54) is 11.3 Å². The molecule has 0 amide bonds. The molecule has 0 radical (unpaired) electrons. The summed E-state index contributed by atoms with van der Waals surface area (Å²) in [5.74, 6) is 0. The van der Waals surface area contributed by atoms with Gasteiger partial charge in [-0.05, 0) is 38.5 Å². The summed E-state index contributed by atoms with van der Waals surface area (Å²) >= 11 is 1.68. The summed E-state index contributed by atoms with van der Waals surface area (Å²) in [6, 6.07) is 8.49. The molecule has 0 spiro atoms. The molecular formula is C14H19N3S. The van der Waals surface area contributed by atoms with E-state index < -0.39 is 0 Å². The Morgan fingerprint density at radius 1 is 1.33 bits per heavy atom. The molecule has 1 aromatic carbocycles. The fourth-order valence-electron chi connectivity index (χ4n) is 1.94. The van der Waals surface area contributed by atoms with Gasteiger partial charge in [0, 0.05) is 23.7 Å². The second kappa shape index (κ2) is 5.50. The number of rotatable bonds is 4. The van der Waals surface area contributed by atoms with Gasteiger partial charge in [0.05, 0.1) is 5.69 Å². The molecule has 2 rings (SSSR count). The van der Waals surface area contributed by atoms with Crippen molar-refractivity contribution < 1.29 is 0 Å². The Bertz CT molecular complexity index is 534. The molecule has 0 aliphatic carbocycles. The third-order valence-corrected chi connectivity index (χ3v) is 4.13. The third-order valence-electron chi connectivity index (χ3n) is 2.93. The number of aromatic nitrogens is 1. The lowest BCUT2D eigenvalue weighted by Gasteiger charge is -2.20. The predicted octanol–water partition coefficient (Wildman–Crippen LogP) is 3.38. The highest BCUT2D eigenvalue weighted by Gasteiger charge is 2.13. The minimum absolute atomic E-state index is 0.564. The van der Waals surface area contributed by atoms with Gasteiger partial charge in [0.15, 0.2) is 5.13 Å². The molecule has 0 saturated heterocycles. The van der Waals surface area contributed by atoms with Crippen molar-refractivity contribution in [3.05, 3.63) is 40.4 Å². The number of hydrogen-bond acceptors (Lipinski definition) is 4. The van der Waals surface area contributed by atoms with Crippen LogP contribution in [0.15, 0.2) is 24.3 Å². The second-order valence-electron chi connectivity index (χ2n) is 4.29. The fourth-order valence-corrected chi connectivity index (χ4v) is 2.97. The summed E-state index contributed by atoms with van der Waals surface area (Å²) < 4.78 is 0. The predicted molar refractivity (Wildman–Crippen MR) is 78.6 cm³/mol. The van der Waals surface area contributed by atoms with Gasteiger partial charge in [0.1, 0.15) is 0 Å². The molecule has 0 bridgehead atoms. The van der Waals surface area contributed by atoms with Gasteiger partial charge in [-0.25, -0.2) is 4.98 Å². The minimum atomic E-state index is 0.564. The van der Waals surface area contributed by atoms with Crippen LogP contribution in [0.1, 0.15) is 23.1 Å². The van der Waals surface area contributed by atoms with Crippen LogP contribution in [0.5, 0.6) is 0 Å². The van der Waals surface area contributed by atoms with Crippen LogP contribution in [0.3, 0.4) is 0 Å². The number of hydrogen-bond donors (Lipinski definition) is 1. The first kappa shape index (κ1) is 13.1. The highest BCUT2D eigenvalue weighted by atomic mass is 32.1. The highest BCUT2D eigenvalue weighted by molar-refractivity contribution is 7.15. The first-order valence-electron chi connectivity index (χ1n) is 6.16. The van der Waals surface area contributed by atoms with E-state index in [1.54, 1.807) is 11.3 Å². The van der Waals surface area contributed by atoms with Crippen LogP contribution in [0.25, 0.3) is 0 Å². The number of nitrogens with zero attached hydrogens (tertiary/aromatic N) is 2. The summed E-state index contributed by atoms with van der Waals surface area (Å²) in [5.41, 5.74) is 9.22. The van der Waals surface area contributed by atoms with Crippen LogP contribution in [0, 0.1) is 13.8 Å². The number of aryl methyl sites for hydroxylation is 2. The number of nitrogens with two attached hydrogens (primary N) is 1. The molecule has 2 N–H and O–H groups in total. The highest BCUT2D eigenvalue weighted by Crippen LogP contribution is 2.31. The van der Waals surface area contributed by atoms with Crippen molar-refractivity contribution >= 4 is 22.2 Å². The topological polar surface area (TPSA) is 42.2 Å². The zero-order valence-electron chi connectivity index (χ0n) is 11.1. The maximum absolute atomic E-state index is 5.72. The summed E-state index contributed by atoms with van der Waals surface area (Å²) in [7, 11) is 0. The van der Waals surface area contributed by atoms with Crippen LogP contribution in [0.4, 0.5) is 10.8 Å². The van der Waals surface area contributed by atoms with E-state index in [2.05, 4.69) is 48.0 Å². The molecule has 1 aromatic heterocycles. The van der Waals surface area contributed by atoms with Crippen LogP contribution in [-0.4, -0.2) is 11.5 Å². The summed E-state index contributed by atoms with van der Waals surface area (Å²) in [6.07, 6.45) is 0. The number of thiazole rings is 1. The Labute approximate surface area is 112 Å². The molecule has 0 aliphatic heterocycles. The molecule has 1 heterocycles. The first-order valence-corrected chi connectivity index (χ1v) is 6.98. The Morgan fingerprint density at radius 2 is 2.11 bits per heavy atom. The standard InChI is InChI=1S/C14H19N3S/c1-4-17(12-7-5-6-10(2)8-12)14-16-11(3)13(9-15)18-14/h5-8H,4,9,15H2,1-3H3. The first-order chi connectivity index (χ1) is 8.65. The van der Waals surface area contributed by atoms with Crippen molar-refractivity contribution in [1.82, 2.24) is 4.98 Å². The minimum Gasteiger partial charge on any atom is -0.326 e. The molecule has 2 aromatic rings. The normalized spacial score (nSPS) is 10.7. The number of anilines is 2. The van der Waals surface area contributed by atoms with Crippen molar-refractivity contribution in [2.75, 3.05) is 11.4 Å². The van der Waals surface area contributed by atoms with E-state index >= 15 is 0 Å². The van der Waals surface area contributed by atoms with E-state index in [1.807, 2.05) is 6.92 Å². The molecule has 18 heavy (non-hydrogen) atoms. The lowest BCUT2D eigenvalue weighted by molar-refractivity contribution is 0.996. The Morgan fingerprint density at radius 3 is 2.67 bits per heavy atom. The molecule has 4 heteroatoms. The molecule has 0 fully saturated rings. The van der Waals surface area contributed by atoms with Crippen molar-refractivity contribution in [3.8, 4) is 0 Å². The lowest BCUT2D eigenvalue weighted by Crippen LogP contribution is -2.15. The number of benzene rings is 1. The van der Waals surface area contributed by atoms with Crippen LogP contribution >= 0.6 is 11.3 Å². The van der Waals surface area contributed by atoms with Gasteiger partial charge in [-0.2, -0.15) is 0 Å². The van der Waals surface area contributed by atoms with E-state index in [4.69, 9.17) is 5.73 Å². The Hall–Kier alpha value is -1.39. The maximum Gasteiger partial charge on any atom is 0.190 e. The van der Waals surface area contributed by atoms with E-state index in [0.29, 0.717) is 6.54 Å². The summed E-state index contributed by atoms with van der Waals surface area (Å²) in [4.78, 5) is 8.01. The zero-order valence-corrected chi connectivity index (χ0v) is 11.9. The van der Waals surface area contributed by atoms with Crippen molar-refractivity contribution in [2.45, 2.75) is 27.3 Å². The van der Waals surface area contributed by atoms with E-state index in [9.17, 15) is 0 Å². The lowest BCUT2D eigenvalue weighted by atomic mass is 10.2. The van der Waals surface area contributed by atoms with Gasteiger partial charge in [0.2, 0.25) is 0 Å². The van der Waals surface area contributed by atoms with Crippen LogP contribution in [0.2, 0.25) is 0 Å². The third kappa shape index (κ3) is 2.54. The van der Waals surface area contributed by atoms with E-state index in [-0.39, 0.29) is 0 Å². The van der Waals surface area contributed by atoms with Gasteiger partial charge in [-0.1, -0.05) is 23.5 Å². The van der Waals surface area contributed by atoms with Gasteiger partial charge in [-0.15, -0.1) is 0 Å². The molecule has 0 saturated carbocycles. The average molecular weight is 261 g/mol. The van der Waals surface area contributed by atoms with Gasteiger partial charge >= 0.3 is 0 Å². The SMILES string of the molecule is CCN(c1cccc(C)c1)c1nc(C)c(CN)s1. The Kier molecular flexibility index (Phi) is 3.99. The van der Waals surface area contributed by atoms with E-state index in [0.717, 1.165) is 22.2 Å². The van der Waals surface area contributed by atoms with Gasteiger partial charge in [-0.3, -0.25) is 0 Å². The Balaban J connectivity index is 2.38. The van der Waals surface area contributed by atoms with Gasteiger partial charge in [0.25, 0.3) is 0 Å². The monoisotopic (exact) mass is 261 g/mol. The fraction of sp³-hybridized carbons (Fsp3) is 0.357. The van der Waals surface area contributed by atoms with Crippen LogP contribution in [-0.2, 0) is 6.54 Å². The maximum atomic E-state index is 5.72. The van der Waals surface area contributed by atoms with Crippen molar-refractivity contribution in [3.63, 3.8) is 0 Å². The van der Waals surface area contributed by atoms with Crippen LogP contribution < -0.4 is 10.6 Å². The molecule has 0 unspecified atom stereocenters. The summed E-state index contributed by atoms with van der Waals surface area (Å²) in [5, 5.41) is 1.03. The average Bonchev–Trinajstić information content (AvgIpc) is 2.71. The van der Waals surface area contributed by atoms with Crippen molar-refractivity contribution in [2.24, 2.45) is 5.73 Å².